The minimum Gasteiger partial charge on any atom is -0.410 e. The molecular formula is C37H55NO2Si. The monoisotopic (exact) mass is 573 g/mol. The Labute approximate surface area is 251 Å². The van der Waals surface area contributed by atoms with E-state index in [2.05, 4.69) is 91.9 Å². The molecule has 2 atom stereocenters. The number of aliphatic hydroxyl groups excluding tert-OH is 1. The molecular weight excluding hydrogens is 518 g/mol. The van der Waals surface area contributed by atoms with Crippen molar-refractivity contribution in [2.75, 3.05) is 0 Å². The lowest BCUT2D eigenvalue weighted by molar-refractivity contribution is 0.105. The van der Waals surface area contributed by atoms with Crippen molar-refractivity contribution >= 4 is 13.9 Å². The molecule has 1 N–H and O–H groups in total. The Hall–Kier alpha value is -1.75. The highest BCUT2D eigenvalue weighted by Crippen LogP contribution is 2.53. The van der Waals surface area contributed by atoms with Crippen LogP contribution in [0.3, 0.4) is 0 Å². The van der Waals surface area contributed by atoms with Gasteiger partial charge in [0.05, 0.1) is 11.8 Å². The summed E-state index contributed by atoms with van der Waals surface area (Å²) in [5.74, 6) is 0.891. The summed E-state index contributed by atoms with van der Waals surface area (Å²) in [6, 6.07) is 8.70. The Kier molecular flexibility index (Phi) is 8.53. The Morgan fingerprint density at radius 1 is 1.00 bits per heavy atom. The molecule has 1 aromatic heterocycles. The van der Waals surface area contributed by atoms with Crippen LogP contribution in [0.15, 0.2) is 30.3 Å². The lowest BCUT2D eigenvalue weighted by atomic mass is 9.71. The van der Waals surface area contributed by atoms with Crippen LogP contribution in [0, 0.1) is 5.41 Å². The number of rotatable bonds is 7. The van der Waals surface area contributed by atoms with E-state index in [9.17, 15) is 5.11 Å². The van der Waals surface area contributed by atoms with Gasteiger partial charge in [-0.2, -0.15) is 0 Å². The number of benzene rings is 1. The first-order valence-electron chi connectivity index (χ1n) is 16.4. The van der Waals surface area contributed by atoms with Gasteiger partial charge in [-0.25, -0.2) is 0 Å². The van der Waals surface area contributed by atoms with Gasteiger partial charge in [-0.3, -0.25) is 4.98 Å². The van der Waals surface area contributed by atoms with Crippen LogP contribution in [0.25, 0.3) is 5.57 Å². The van der Waals surface area contributed by atoms with Crippen LogP contribution in [-0.4, -0.2) is 18.4 Å². The predicted molar refractivity (Wildman–Crippen MR) is 175 cm³/mol. The zero-order chi connectivity index (χ0) is 29.7. The molecule has 1 fully saturated rings. The second-order valence-electron chi connectivity index (χ2n) is 15.9. The van der Waals surface area contributed by atoms with Crippen LogP contribution in [0.1, 0.15) is 163 Å². The third-order valence-electron chi connectivity index (χ3n) is 10.6. The van der Waals surface area contributed by atoms with E-state index in [4.69, 9.17) is 9.41 Å². The Balaban J connectivity index is 1.76. The molecule has 2 aromatic rings. The maximum absolute atomic E-state index is 12.4. The van der Waals surface area contributed by atoms with Gasteiger partial charge in [0.15, 0.2) is 8.32 Å². The largest absolute Gasteiger partial charge is 0.410 e. The molecule has 0 radical (unpaired) electrons. The number of aromatic nitrogens is 1. The molecule has 4 heteroatoms. The molecule has 3 aliphatic carbocycles. The first kappa shape index (κ1) is 30.7. The highest BCUT2D eigenvalue weighted by Gasteiger charge is 2.45. The highest BCUT2D eigenvalue weighted by atomic mass is 28.4. The zero-order valence-corrected chi connectivity index (χ0v) is 28.4. The SMILES string of the molecule is CC(C)c1ccc(C(O)c2c(C3CCCC3)nc3c(c2C2=CCCC2)C(O[Si](C)(C)C(C)(C)C)CC(C)(C)C3)cc1. The first-order valence-corrected chi connectivity index (χ1v) is 19.3. The average molecular weight is 574 g/mol. The smallest absolute Gasteiger partial charge is 0.192 e. The molecule has 3 nitrogen and oxygen atoms in total. The van der Waals surface area contributed by atoms with E-state index in [0.717, 1.165) is 36.8 Å². The lowest BCUT2D eigenvalue weighted by Crippen LogP contribution is -2.44. The molecule has 41 heavy (non-hydrogen) atoms. The predicted octanol–water partition coefficient (Wildman–Crippen LogP) is 10.5. The summed E-state index contributed by atoms with van der Waals surface area (Å²) in [4.78, 5) is 5.61. The van der Waals surface area contributed by atoms with Gasteiger partial charge in [-0.15, -0.1) is 0 Å². The van der Waals surface area contributed by atoms with Crippen LogP contribution in [0.5, 0.6) is 0 Å². The summed E-state index contributed by atoms with van der Waals surface area (Å²) in [5.41, 5.74) is 9.93. The summed E-state index contributed by atoms with van der Waals surface area (Å²) >= 11 is 0. The van der Waals surface area contributed by atoms with Gasteiger partial charge in [0.1, 0.15) is 6.10 Å². The van der Waals surface area contributed by atoms with Crippen LogP contribution < -0.4 is 0 Å². The fourth-order valence-electron chi connectivity index (χ4n) is 7.19. The Bertz CT molecular complexity index is 1280. The summed E-state index contributed by atoms with van der Waals surface area (Å²) in [7, 11) is -2.06. The highest BCUT2D eigenvalue weighted by molar-refractivity contribution is 6.74. The number of allylic oxidation sites excluding steroid dienone is 2. The van der Waals surface area contributed by atoms with Crippen molar-refractivity contribution in [3.63, 3.8) is 0 Å². The molecule has 0 amide bonds. The van der Waals surface area contributed by atoms with Crippen molar-refractivity contribution in [1.82, 2.24) is 4.98 Å². The van der Waals surface area contributed by atoms with E-state index in [-0.39, 0.29) is 16.6 Å². The van der Waals surface area contributed by atoms with E-state index in [1.165, 1.54) is 65.8 Å². The normalized spacial score (nSPS) is 22.2. The minimum absolute atomic E-state index is 0.00513. The van der Waals surface area contributed by atoms with Gasteiger partial charge in [0.25, 0.3) is 0 Å². The maximum Gasteiger partial charge on any atom is 0.192 e. The fourth-order valence-corrected chi connectivity index (χ4v) is 8.45. The third-order valence-corrected chi connectivity index (χ3v) is 15.1. The molecule has 224 valence electrons. The summed E-state index contributed by atoms with van der Waals surface area (Å²) in [5, 5.41) is 12.5. The van der Waals surface area contributed by atoms with Gasteiger partial charge < -0.3 is 9.53 Å². The third kappa shape index (κ3) is 6.17. The minimum atomic E-state index is -2.06. The van der Waals surface area contributed by atoms with E-state index in [1.54, 1.807) is 0 Å². The molecule has 1 aromatic carbocycles. The molecule has 0 aliphatic heterocycles. The Morgan fingerprint density at radius 2 is 1.63 bits per heavy atom. The lowest BCUT2D eigenvalue weighted by Gasteiger charge is -2.45. The summed E-state index contributed by atoms with van der Waals surface area (Å²) in [6.07, 6.45) is 12.0. The second-order valence-corrected chi connectivity index (χ2v) is 20.6. The molecule has 5 rings (SSSR count). The van der Waals surface area contributed by atoms with Gasteiger partial charge in [0, 0.05) is 22.7 Å². The average Bonchev–Trinajstić information content (AvgIpc) is 3.60. The molecule has 2 unspecified atom stereocenters. The van der Waals surface area contributed by atoms with E-state index < -0.39 is 14.4 Å². The van der Waals surface area contributed by atoms with Crippen molar-refractivity contribution in [3.05, 3.63) is 69.5 Å². The van der Waals surface area contributed by atoms with Crippen molar-refractivity contribution in [2.24, 2.45) is 5.41 Å². The first-order chi connectivity index (χ1) is 19.2. The molecule has 0 bridgehead atoms. The number of pyridine rings is 1. The van der Waals surface area contributed by atoms with Crippen molar-refractivity contribution in [1.29, 1.82) is 0 Å². The standard InChI is InChI=1S/C37H55NO2Si/c1-24(2)25-18-20-28(21-19-25)35(39)33-31(26-14-10-11-15-26)32-29(38-34(33)27-16-12-13-17-27)22-37(6,7)23-30(32)40-41(8,9)36(3,4)5/h14,18-21,24,27,30,35,39H,10-13,15-17,22-23H2,1-9H3. The number of nitrogens with zero attached hydrogens (tertiary/aromatic N) is 1. The number of hydrogen-bond donors (Lipinski definition) is 1. The van der Waals surface area contributed by atoms with Gasteiger partial charge >= 0.3 is 0 Å². The van der Waals surface area contributed by atoms with Crippen LogP contribution in [0.4, 0.5) is 0 Å². The van der Waals surface area contributed by atoms with Crippen LogP contribution in [-0.2, 0) is 10.8 Å². The number of aliphatic hydroxyl groups is 1. The zero-order valence-electron chi connectivity index (χ0n) is 27.4. The number of hydrogen-bond acceptors (Lipinski definition) is 3. The fraction of sp³-hybridized carbons (Fsp3) is 0.649. The quantitative estimate of drug-likeness (QED) is 0.335. The molecule has 1 saturated carbocycles. The van der Waals surface area contributed by atoms with E-state index in [0.29, 0.717) is 11.8 Å². The molecule has 3 aliphatic rings. The van der Waals surface area contributed by atoms with Gasteiger partial charge in [-0.1, -0.05) is 91.6 Å². The molecule has 0 saturated heterocycles. The summed E-state index contributed by atoms with van der Waals surface area (Å²) in [6.45, 7) is 21.0. The summed E-state index contributed by atoms with van der Waals surface area (Å²) < 4.78 is 7.34. The van der Waals surface area contributed by atoms with Crippen molar-refractivity contribution < 1.29 is 9.53 Å². The second kappa shape index (κ2) is 11.4. The van der Waals surface area contributed by atoms with Gasteiger partial charge in [-0.05, 0) is 96.7 Å². The topological polar surface area (TPSA) is 42.4 Å². The van der Waals surface area contributed by atoms with E-state index in [1.807, 2.05) is 0 Å². The Morgan fingerprint density at radius 3 is 2.20 bits per heavy atom. The molecule has 0 spiro atoms. The number of fused-ring (bicyclic) bond motifs is 1. The van der Waals surface area contributed by atoms with Crippen LogP contribution >= 0.6 is 0 Å². The van der Waals surface area contributed by atoms with Crippen molar-refractivity contribution in [3.8, 4) is 0 Å². The van der Waals surface area contributed by atoms with E-state index >= 15 is 0 Å². The maximum atomic E-state index is 12.4. The van der Waals surface area contributed by atoms with Crippen molar-refractivity contribution in [2.45, 2.75) is 148 Å². The molecule has 1 heterocycles. The van der Waals surface area contributed by atoms with Gasteiger partial charge in [0.2, 0.25) is 0 Å². The van der Waals surface area contributed by atoms with Crippen LogP contribution in [0.2, 0.25) is 18.1 Å².